The van der Waals surface area contributed by atoms with Crippen LogP contribution >= 0.6 is 0 Å². The van der Waals surface area contributed by atoms with Gasteiger partial charge in [-0.2, -0.15) is 0 Å². The summed E-state index contributed by atoms with van der Waals surface area (Å²) in [7, 11) is 0. The van der Waals surface area contributed by atoms with E-state index in [-0.39, 0.29) is 0 Å². The van der Waals surface area contributed by atoms with Gasteiger partial charge >= 0.3 is 6.69 Å². The predicted molar refractivity (Wildman–Crippen MR) is 87.0 cm³/mol. The van der Waals surface area contributed by atoms with Crippen LogP contribution in [0.4, 0.5) is 0 Å². The van der Waals surface area contributed by atoms with Gasteiger partial charge in [0.05, 0.1) is 25.0 Å². The van der Waals surface area contributed by atoms with E-state index >= 15 is 0 Å². The van der Waals surface area contributed by atoms with Crippen LogP contribution in [0, 0.1) is 5.41 Å². The Morgan fingerprint density at radius 3 is 2.14 bits per heavy atom. The fourth-order valence-electron chi connectivity index (χ4n) is 5.16. The Morgan fingerprint density at radius 1 is 0.909 bits per heavy atom. The van der Waals surface area contributed by atoms with Crippen LogP contribution in [0.5, 0.6) is 11.5 Å². The van der Waals surface area contributed by atoms with Crippen LogP contribution in [-0.4, -0.2) is 24.2 Å². The summed E-state index contributed by atoms with van der Waals surface area (Å²) < 4.78 is 14.0. The second-order valence-electron chi connectivity index (χ2n) is 7.91. The highest BCUT2D eigenvalue weighted by Crippen LogP contribution is 2.51. The summed E-state index contributed by atoms with van der Waals surface area (Å²) in [6, 6.07) is 16.7. The molecule has 1 saturated heterocycles. The highest BCUT2D eigenvalue weighted by molar-refractivity contribution is 6.78. The zero-order valence-corrected chi connectivity index (χ0v) is 13.1. The second-order valence-corrected chi connectivity index (χ2v) is 7.91. The molecule has 0 atom stereocenters. The van der Waals surface area contributed by atoms with Gasteiger partial charge in [0.15, 0.2) is 0 Å². The molecule has 5 rings (SSSR count). The van der Waals surface area contributed by atoms with Gasteiger partial charge in [-0.3, -0.25) is 0 Å². The molecular weight excluding hydrogens is 273 g/mol. The van der Waals surface area contributed by atoms with Crippen LogP contribution < -0.4 is 14.8 Å². The lowest BCUT2D eigenvalue weighted by molar-refractivity contribution is -0.914. The van der Waals surface area contributed by atoms with E-state index in [1.807, 2.05) is 24.3 Å². The lowest BCUT2D eigenvalue weighted by Crippen LogP contribution is -2.83. The predicted octanol–water partition coefficient (Wildman–Crippen LogP) is 2.67. The van der Waals surface area contributed by atoms with Crippen molar-refractivity contribution in [2.24, 2.45) is 5.41 Å². The van der Waals surface area contributed by atoms with E-state index < -0.39 is 6.69 Å². The van der Waals surface area contributed by atoms with Crippen LogP contribution in [0.2, 0.25) is 0 Å². The normalized spacial score (nSPS) is 24.3. The number of nitrogens with zero attached hydrogens (tertiary/aromatic N) is 1. The molecule has 0 radical (unpaired) electrons. The number of rotatable bonds is 0. The van der Waals surface area contributed by atoms with Crippen LogP contribution in [0.3, 0.4) is 0 Å². The van der Waals surface area contributed by atoms with E-state index in [2.05, 4.69) is 38.1 Å². The first-order valence-corrected chi connectivity index (χ1v) is 8.09. The van der Waals surface area contributed by atoms with Crippen molar-refractivity contribution in [1.82, 2.24) is 0 Å². The minimum Gasteiger partial charge on any atom is -0.624 e. The largest absolute Gasteiger partial charge is 0.624 e. The molecule has 0 amide bonds. The van der Waals surface area contributed by atoms with E-state index in [1.165, 1.54) is 11.0 Å². The molecule has 22 heavy (non-hydrogen) atoms. The van der Waals surface area contributed by atoms with Gasteiger partial charge in [0, 0.05) is 0 Å². The third kappa shape index (κ3) is 1.37. The number of benzene rings is 2. The molecular formula is C18H20BNO2. The van der Waals surface area contributed by atoms with Crippen molar-refractivity contribution in [2.45, 2.75) is 20.4 Å². The average Bonchev–Trinajstić information content (AvgIpc) is 2.96. The smallest absolute Gasteiger partial charge is 0.610 e. The topological polar surface area (TPSA) is 18.5 Å². The Bertz CT molecular complexity index is 753. The van der Waals surface area contributed by atoms with Gasteiger partial charge in [-0.25, -0.2) is 0 Å². The molecule has 4 heteroatoms. The zero-order chi connectivity index (χ0) is 15.0. The summed E-state index contributed by atoms with van der Waals surface area (Å²) in [5, 5.41) is 0. The number of quaternary nitrogens is 1. The maximum absolute atomic E-state index is 6.55. The van der Waals surface area contributed by atoms with Crippen molar-refractivity contribution >= 4 is 12.1 Å². The Labute approximate surface area is 131 Å². The molecule has 3 heterocycles. The Kier molecular flexibility index (Phi) is 2.11. The van der Waals surface area contributed by atoms with Crippen molar-refractivity contribution in [2.75, 3.05) is 13.1 Å². The first kappa shape index (κ1) is 12.6. The van der Waals surface area contributed by atoms with Crippen LogP contribution in [0.25, 0.3) is 0 Å². The lowest BCUT2D eigenvalue weighted by Gasteiger charge is -2.64. The fraction of sp³-hybridized carbons (Fsp3) is 0.333. The summed E-state index contributed by atoms with van der Waals surface area (Å²) in [5.41, 5.74) is 3.00. The van der Waals surface area contributed by atoms with Crippen molar-refractivity contribution in [3.8, 4) is 11.5 Å². The van der Waals surface area contributed by atoms with Crippen molar-refractivity contribution in [3.05, 3.63) is 54.1 Å². The minimum absolute atomic E-state index is 0.359. The molecule has 2 aromatic rings. The first-order chi connectivity index (χ1) is 10.5. The lowest BCUT2D eigenvalue weighted by atomic mass is 9.56. The Hall–Kier alpha value is -1.94. The minimum atomic E-state index is -1.51. The molecule has 0 aromatic heterocycles. The van der Waals surface area contributed by atoms with Gasteiger partial charge in [-0.15, -0.1) is 0 Å². The van der Waals surface area contributed by atoms with Gasteiger partial charge in [-0.05, 0) is 37.0 Å². The molecule has 0 N–H and O–H groups in total. The van der Waals surface area contributed by atoms with Crippen LogP contribution in [0.15, 0.2) is 48.5 Å². The molecule has 2 spiro atoms. The summed E-state index contributed by atoms with van der Waals surface area (Å²) in [4.78, 5) is 0. The van der Waals surface area contributed by atoms with Gasteiger partial charge in [-0.1, -0.05) is 36.4 Å². The second kappa shape index (κ2) is 3.69. The summed E-state index contributed by atoms with van der Waals surface area (Å²) in [5.74, 6) is 1.78. The van der Waals surface area contributed by atoms with Gasteiger partial charge in [0.25, 0.3) is 0 Å². The summed E-state index contributed by atoms with van der Waals surface area (Å²) in [6.07, 6.45) is 0. The van der Waals surface area contributed by atoms with Crippen molar-refractivity contribution in [3.63, 3.8) is 0 Å². The van der Waals surface area contributed by atoms with E-state index in [1.54, 1.807) is 0 Å². The van der Waals surface area contributed by atoms with Crippen molar-refractivity contribution in [1.29, 1.82) is 0 Å². The maximum Gasteiger partial charge on any atom is 0.610 e. The van der Waals surface area contributed by atoms with E-state index in [0.717, 1.165) is 35.5 Å². The molecule has 0 saturated carbocycles. The first-order valence-electron chi connectivity index (χ1n) is 8.09. The Balaban J connectivity index is 1.69. The monoisotopic (exact) mass is 293 g/mol. The molecule has 2 aromatic carbocycles. The van der Waals surface area contributed by atoms with Gasteiger partial charge < -0.3 is 13.7 Å². The fourth-order valence-corrected chi connectivity index (χ4v) is 5.16. The SMILES string of the molecule is CC1(C)C[N+]2(Cc3ccccc3[B-]23Oc2ccccc2O3)C1. The third-order valence-electron chi connectivity index (χ3n) is 5.56. The average molecular weight is 293 g/mol. The van der Waals surface area contributed by atoms with Gasteiger partial charge in [0.1, 0.15) is 11.5 Å². The van der Waals surface area contributed by atoms with Crippen molar-refractivity contribution < 1.29 is 13.7 Å². The number of hydrogen-bond donors (Lipinski definition) is 0. The summed E-state index contributed by atoms with van der Waals surface area (Å²) >= 11 is 0. The number of hydrogen-bond acceptors (Lipinski definition) is 2. The standard InChI is InChI=1S/C18H20BNO2/c1-18(2)12-20(13-18)11-14-7-3-4-8-15(14)19(20)21-16-9-5-6-10-17(16)22-19/h3-10H,11-13H2,1-2H3. The molecule has 0 aliphatic carbocycles. The molecule has 0 bridgehead atoms. The number of para-hydroxylation sites is 2. The third-order valence-corrected chi connectivity index (χ3v) is 5.56. The van der Waals surface area contributed by atoms with E-state index in [4.69, 9.17) is 9.31 Å². The highest BCUT2D eigenvalue weighted by Gasteiger charge is 2.69. The molecule has 112 valence electrons. The molecule has 3 aliphatic heterocycles. The molecule has 3 nitrogen and oxygen atoms in total. The highest BCUT2D eigenvalue weighted by atomic mass is 16.7. The Morgan fingerprint density at radius 2 is 1.50 bits per heavy atom. The van der Waals surface area contributed by atoms with Gasteiger partial charge in [0.2, 0.25) is 0 Å². The van der Waals surface area contributed by atoms with Crippen LogP contribution in [-0.2, 0) is 6.54 Å². The zero-order valence-electron chi connectivity index (χ0n) is 13.1. The summed E-state index contributed by atoms with van der Waals surface area (Å²) in [6.45, 7) is 6.41. The molecule has 1 fully saturated rings. The van der Waals surface area contributed by atoms with E-state index in [0.29, 0.717) is 5.41 Å². The van der Waals surface area contributed by atoms with E-state index in [9.17, 15) is 0 Å². The quantitative estimate of drug-likeness (QED) is 0.695. The molecule has 0 unspecified atom stereocenters. The maximum atomic E-state index is 6.55. The molecule has 3 aliphatic rings. The van der Waals surface area contributed by atoms with Crippen LogP contribution in [0.1, 0.15) is 19.4 Å². The number of fused-ring (bicyclic) bond motifs is 4.